The van der Waals surface area contributed by atoms with Gasteiger partial charge in [-0.15, -0.1) is 0 Å². The third kappa shape index (κ3) is 3.29. The van der Waals surface area contributed by atoms with E-state index >= 15 is 0 Å². The van der Waals surface area contributed by atoms with E-state index in [-0.39, 0.29) is 5.78 Å². The van der Waals surface area contributed by atoms with Gasteiger partial charge in [0.1, 0.15) is 5.78 Å². The lowest BCUT2D eigenvalue weighted by molar-refractivity contribution is -0.118. The lowest BCUT2D eigenvalue weighted by atomic mass is 10.1. The number of carbonyl (C=O) groups is 1. The molecule has 0 unspecified atom stereocenters. The summed E-state index contributed by atoms with van der Waals surface area (Å²) >= 11 is 11.7. The number of benzene rings is 1. The Hall–Kier alpha value is -0.570. The predicted molar refractivity (Wildman–Crippen MR) is 58.8 cm³/mol. The fraction of sp³-hybridized carbons (Fsp3) is 0.300. The van der Waals surface area contributed by atoms with Gasteiger partial charge in [-0.25, -0.2) is 0 Å². The van der Waals surface area contributed by atoms with E-state index in [2.05, 4.69) is 0 Å². The highest BCUT2D eigenvalue weighted by Gasteiger charge is 2.06. The van der Waals surface area contributed by atoms with Crippen molar-refractivity contribution in [3.63, 3.8) is 0 Å². The van der Waals surface area contributed by atoms with Crippen LogP contribution in [-0.2, 0) is 11.2 Å². The van der Waals surface area contributed by atoms with Crippen molar-refractivity contribution in [3.8, 4) is 0 Å². The molecule has 1 aromatic carbocycles. The average molecular weight is 232 g/mol. The summed E-state index contributed by atoms with van der Waals surface area (Å²) in [7, 11) is 0. The summed E-state index contributed by atoms with van der Waals surface area (Å²) in [5, 5.41) is 1.16. The zero-order valence-corrected chi connectivity index (χ0v) is 9.11. The molecule has 0 fully saturated rings. The van der Waals surface area contributed by atoms with Crippen LogP contribution in [-0.4, -0.2) is 12.3 Å². The Balaban J connectivity index is 2.75. The maximum absolute atomic E-state index is 11.3. The van der Waals surface area contributed by atoms with Crippen molar-refractivity contribution in [2.45, 2.75) is 12.8 Å². The summed E-state index contributed by atoms with van der Waals surface area (Å²) in [6.07, 6.45) is 0.680. The zero-order chi connectivity index (χ0) is 10.6. The normalized spacial score (nSPS) is 10.2. The van der Waals surface area contributed by atoms with E-state index in [0.717, 1.165) is 5.56 Å². The third-order valence-electron chi connectivity index (χ3n) is 1.82. The van der Waals surface area contributed by atoms with Crippen LogP contribution in [0.3, 0.4) is 0 Å². The molecule has 0 aliphatic carbocycles. The van der Waals surface area contributed by atoms with E-state index in [9.17, 15) is 4.79 Å². The molecule has 0 radical (unpaired) electrons. The first-order valence-corrected chi connectivity index (χ1v) is 5.04. The van der Waals surface area contributed by atoms with Crippen LogP contribution < -0.4 is 5.73 Å². The molecule has 2 N–H and O–H groups in total. The fourth-order valence-electron chi connectivity index (χ4n) is 1.14. The summed E-state index contributed by atoms with van der Waals surface area (Å²) in [6.45, 7) is 0.372. The van der Waals surface area contributed by atoms with Gasteiger partial charge in [-0.2, -0.15) is 0 Å². The van der Waals surface area contributed by atoms with Crippen molar-refractivity contribution in [1.29, 1.82) is 0 Å². The first-order chi connectivity index (χ1) is 6.63. The van der Waals surface area contributed by atoms with Crippen LogP contribution in [0.4, 0.5) is 0 Å². The number of rotatable bonds is 4. The van der Waals surface area contributed by atoms with Crippen molar-refractivity contribution in [3.05, 3.63) is 33.8 Å². The number of carbonyl (C=O) groups excluding carboxylic acids is 1. The van der Waals surface area contributed by atoms with Crippen LogP contribution in [0.2, 0.25) is 10.0 Å². The van der Waals surface area contributed by atoms with E-state index in [4.69, 9.17) is 28.9 Å². The second kappa shape index (κ2) is 5.35. The molecule has 76 valence electrons. The summed E-state index contributed by atoms with van der Waals surface area (Å²) < 4.78 is 0. The van der Waals surface area contributed by atoms with Crippen LogP contribution in [0.1, 0.15) is 12.0 Å². The van der Waals surface area contributed by atoms with Crippen LogP contribution in [0.5, 0.6) is 0 Å². The Morgan fingerprint density at radius 1 is 1.36 bits per heavy atom. The summed E-state index contributed by atoms with van der Waals surface area (Å²) in [5.74, 6) is 0.0802. The standard InChI is InChI=1S/C10H11Cl2NO/c11-8-1-2-10(12)7(5-8)6-9(14)3-4-13/h1-2,5H,3-4,6,13H2. The average Bonchev–Trinajstić information content (AvgIpc) is 2.12. The zero-order valence-electron chi connectivity index (χ0n) is 7.59. The van der Waals surface area contributed by atoms with Gasteiger partial charge in [0.2, 0.25) is 0 Å². The quantitative estimate of drug-likeness (QED) is 0.866. The Morgan fingerprint density at radius 3 is 2.71 bits per heavy atom. The molecule has 1 aromatic rings. The van der Waals surface area contributed by atoms with Gasteiger partial charge in [0.25, 0.3) is 0 Å². The predicted octanol–water partition coefficient (Wildman–Crippen LogP) is 2.45. The van der Waals surface area contributed by atoms with Crippen LogP contribution in [0.15, 0.2) is 18.2 Å². The molecule has 14 heavy (non-hydrogen) atoms. The van der Waals surface area contributed by atoms with Gasteiger partial charge in [0.05, 0.1) is 0 Å². The summed E-state index contributed by atoms with van der Waals surface area (Å²) in [6, 6.07) is 5.09. The Kier molecular flexibility index (Phi) is 4.39. The topological polar surface area (TPSA) is 43.1 Å². The van der Waals surface area contributed by atoms with E-state index in [1.54, 1.807) is 18.2 Å². The van der Waals surface area contributed by atoms with Gasteiger partial charge >= 0.3 is 0 Å². The maximum atomic E-state index is 11.3. The lowest BCUT2D eigenvalue weighted by Crippen LogP contribution is -2.10. The molecule has 0 aliphatic rings. The van der Waals surface area contributed by atoms with Crippen LogP contribution in [0, 0.1) is 0 Å². The smallest absolute Gasteiger partial charge is 0.138 e. The van der Waals surface area contributed by atoms with Crippen molar-refractivity contribution in [2.75, 3.05) is 6.54 Å². The van der Waals surface area contributed by atoms with Crippen LogP contribution >= 0.6 is 23.2 Å². The molecule has 0 spiro atoms. The van der Waals surface area contributed by atoms with Crippen LogP contribution in [0.25, 0.3) is 0 Å². The first kappa shape index (κ1) is 11.5. The Labute approximate surface area is 93.0 Å². The van der Waals surface area contributed by atoms with E-state index in [0.29, 0.717) is 29.4 Å². The molecule has 0 saturated heterocycles. The highest BCUT2D eigenvalue weighted by atomic mass is 35.5. The highest BCUT2D eigenvalue weighted by molar-refractivity contribution is 6.33. The van der Waals surface area contributed by atoms with Gasteiger partial charge in [0.15, 0.2) is 0 Å². The number of ketones is 1. The Bertz CT molecular complexity index is 339. The molecule has 2 nitrogen and oxygen atoms in total. The van der Waals surface area contributed by atoms with Crippen molar-refractivity contribution in [2.24, 2.45) is 5.73 Å². The van der Waals surface area contributed by atoms with Crippen molar-refractivity contribution >= 4 is 29.0 Å². The third-order valence-corrected chi connectivity index (χ3v) is 2.42. The number of halogens is 2. The van der Waals surface area contributed by atoms with Crippen molar-refractivity contribution < 1.29 is 4.79 Å². The molecular formula is C10H11Cl2NO. The molecule has 0 aromatic heterocycles. The minimum Gasteiger partial charge on any atom is -0.330 e. The largest absolute Gasteiger partial charge is 0.330 e. The summed E-state index contributed by atoms with van der Waals surface area (Å²) in [5.41, 5.74) is 6.03. The van der Waals surface area contributed by atoms with E-state index in [1.165, 1.54) is 0 Å². The number of hydrogen-bond acceptors (Lipinski definition) is 2. The van der Waals surface area contributed by atoms with Gasteiger partial charge in [-0.3, -0.25) is 4.79 Å². The molecule has 0 atom stereocenters. The molecule has 0 saturated carbocycles. The van der Waals surface area contributed by atoms with E-state index < -0.39 is 0 Å². The van der Waals surface area contributed by atoms with Gasteiger partial charge in [0, 0.05) is 22.9 Å². The SMILES string of the molecule is NCCC(=O)Cc1cc(Cl)ccc1Cl. The molecule has 0 bridgehead atoms. The minimum atomic E-state index is 0.0802. The fourth-order valence-corrected chi connectivity index (χ4v) is 1.52. The highest BCUT2D eigenvalue weighted by Crippen LogP contribution is 2.21. The molecule has 4 heteroatoms. The first-order valence-electron chi connectivity index (χ1n) is 4.29. The molecule has 0 heterocycles. The molecular weight excluding hydrogens is 221 g/mol. The molecule has 0 aliphatic heterocycles. The van der Waals surface area contributed by atoms with Gasteiger partial charge in [-0.05, 0) is 30.3 Å². The Morgan fingerprint density at radius 2 is 2.07 bits per heavy atom. The monoisotopic (exact) mass is 231 g/mol. The van der Waals surface area contributed by atoms with E-state index in [1.807, 2.05) is 0 Å². The summed E-state index contributed by atoms with van der Waals surface area (Å²) in [4.78, 5) is 11.3. The number of hydrogen-bond donors (Lipinski definition) is 1. The maximum Gasteiger partial charge on any atom is 0.138 e. The van der Waals surface area contributed by atoms with Gasteiger partial charge < -0.3 is 5.73 Å². The van der Waals surface area contributed by atoms with Gasteiger partial charge in [-0.1, -0.05) is 23.2 Å². The lowest BCUT2D eigenvalue weighted by Gasteiger charge is -2.03. The minimum absolute atomic E-state index is 0.0802. The number of Topliss-reactive ketones (excluding diaryl/α,β-unsaturated/α-hetero) is 1. The van der Waals surface area contributed by atoms with Crippen molar-refractivity contribution in [1.82, 2.24) is 0 Å². The number of nitrogens with two attached hydrogens (primary N) is 1. The second-order valence-electron chi connectivity index (χ2n) is 2.99. The second-order valence-corrected chi connectivity index (χ2v) is 3.83. The molecule has 1 rings (SSSR count). The molecule has 0 amide bonds.